The monoisotopic (exact) mass is 595 g/mol. The molecule has 0 radical (unpaired) electrons. The second kappa shape index (κ2) is 10.5. The molecule has 2 aliphatic rings. The fraction of sp³-hybridized carbons (Fsp3) is 0.310. The topological polar surface area (TPSA) is 106 Å². The zero-order chi connectivity index (χ0) is 29.9. The number of nitrogens with zero attached hydrogens (tertiary/aromatic N) is 6. The van der Waals surface area contributed by atoms with E-state index in [2.05, 4.69) is 32.3 Å². The Hall–Kier alpha value is -4.32. The van der Waals surface area contributed by atoms with Crippen molar-refractivity contribution in [2.24, 2.45) is 17.8 Å². The maximum atomic E-state index is 14.8. The summed E-state index contributed by atoms with van der Waals surface area (Å²) < 4.78 is 43.6. The first-order valence-electron chi connectivity index (χ1n) is 13.2. The summed E-state index contributed by atoms with van der Waals surface area (Å²) in [6.45, 7) is 6.54. The number of aromatic nitrogens is 5. The number of anilines is 2. The first-order chi connectivity index (χ1) is 20.0. The van der Waals surface area contributed by atoms with Gasteiger partial charge in [-0.2, -0.15) is 5.10 Å². The Morgan fingerprint density at radius 2 is 1.93 bits per heavy atom. The van der Waals surface area contributed by atoms with Gasteiger partial charge in [0, 0.05) is 29.8 Å². The molecule has 1 aliphatic carbocycles. The van der Waals surface area contributed by atoms with Crippen LogP contribution in [-0.4, -0.2) is 43.1 Å². The molecular formula is C29H25ClF3N7O2. The van der Waals surface area contributed by atoms with Gasteiger partial charge in [-0.05, 0) is 43.9 Å². The second-order valence-electron chi connectivity index (χ2n) is 10.6. The third-order valence-electron chi connectivity index (χ3n) is 7.92. The highest BCUT2D eigenvalue weighted by Gasteiger charge is 2.59. The number of hydrogen-bond acceptors (Lipinski definition) is 6. The summed E-state index contributed by atoms with van der Waals surface area (Å²) in [5, 5.41) is 6.59. The van der Waals surface area contributed by atoms with Gasteiger partial charge >= 0.3 is 0 Å². The van der Waals surface area contributed by atoms with Crippen LogP contribution < -0.4 is 10.2 Å². The van der Waals surface area contributed by atoms with Gasteiger partial charge in [0.05, 0.1) is 58.1 Å². The van der Waals surface area contributed by atoms with Gasteiger partial charge in [0.1, 0.15) is 5.69 Å². The first kappa shape index (κ1) is 27.8. The summed E-state index contributed by atoms with van der Waals surface area (Å²) in [4.78, 5) is 40.4. The minimum atomic E-state index is -3.00. The van der Waals surface area contributed by atoms with Gasteiger partial charge in [-0.3, -0.25) is 24.2 Å². The van der Waals surface area contributed by atoms with Crippen molar-refractivity contribution in [2.75, 3.05) is 16.8 Å². The number of aryl methyl sites for hydroxylation is 2. The van der Waals surface area contributed by atoms with Gasteiger partial charge in [-0.25, -0.2) is 18.2 Å². The fourth-order valence-electron chi connectivity index (χ4n) is 5.57. The third-order valence-corrected chi connectivity index (χ3v) is 8.21. The molecule has 0 spiro atoms. The van der Waals surface area contributed by atoms with E-state index in [-0.39, 0.29) is 33.9 Å². The number of carbonyl (C=O) groups is 2. The van der Waals surface area contributed by atoms with E-state index < -0.39 is 29.3 Å². The lowest BCUT2D eigenvalue weighted by Crippen LogP contribution is -2.30. The van der Waals surface area contributed by atoms with Crippen LogP contribution in [0.25, 0.3) is 11.3 Å². The molecule has 2 fully saturated rings. The van der Waals surface area contributed by atoms with Crippen molar-refractivity contribution in [3.05, 3.63) is 82.0 Å². The Labute approximate surface area is 243 Å². The van der Waals surface area contributed by atoms with Gasteiger partial charge in [-0.15, -0.1) is 0 Å². The van der Waals surface area contributed by atoms with E-state index in [9.17, 15) is 22.8 Å². The van der Waals surface area contributed by atoms with Crippen LogP contribution in [0, 0.1) is 37.4 Å². The van der Waals surface area contributed by atoms with Gasteiger partial charge in [0.2, 0.25) is 5.91 Å². The van der Waals surface area contributed by atoms with Crippen LogP contribution in [0.2, 0.25) is 5.02 Å². The summed E-state index contributed by atoms with van der Waals surface area (Å²) in [5.74, 6) is -0.569. The minimum Gasteiger partial charge on any atom is -0.318 e. The highest BCUT2D eigenvalue weighted by molar-refractivity contribution is 6.31. The Morgan fingerprint density at radius 1 is 1.14 bits per heavy atom. The van der Waals surface area contributed by atoms with E-state index in [1.165, 1.54) is 13.1 Å². The number of amides is 2. The van der Waals surface area contributed by atoms with Crippen molar-refractivity contribution in [1.82, 2.24) is 24.7 Å². The lowest BCUT2D eigenvalue weighted by atomic mass is 10.0. The number of nitrogens with one attached hydrogen (secondary N) is 1. The zero-order valence-electron chi connectivity index (χ0n) is 22.8. The molecular weight excluding hydrogens is 571 g/mol. The number of hydrogen-bond donors (Lipinski definition) is 1. The van der Waals surface area contributed by atoms with Crippen LogP contribution in [0.3, 0.4) is 0 Å². The summed E-state index contributed by atoms with van der Waals surface area (Å²) >= 11 is 5.83. The smallest absolute Gasteiger partial charge is 0.276 e. The lowest BCUT2D eigenvalue weighted by molar-refractivity contribution is -0.119. The average Bonchev–Trinajstić information content (AvgIpc) is 3.21. The molecule has 2 amide bonds. The van der Waals surface area contributed by atoms with Crippen molar-refractivity contribution < 1.29 is 22.8 Å². The number of piperidine rings is 1. The maximum absolute atomic E-state index is 14.8. The van der Waals surface area contributed by atoms with E-state index in [0.717, 1.165) is 41.9 Å². The molecule has 1 aromatic carbocycles. The molecule has 216 valence electrons. The summed E-state index contributed by atoms with van der Waals surface area (Å²) in [7, 11) is 0. The molecule has 1 N–H and O–H groups in total. The van der Waals surface area contributed by atoms with Gasteiger partial charge in [0.25, 0.3) is 12.3 Å². The normalized spacial score (nSPS) is 19.4. The molecule has 3 atom stereocenters. The lowest BCUT2D eigenvalue weighted by Gasteiger charge is -2.21. The maximum Gasteiger partial charge on any atom is 0.276 e. The van der Waals surface area contributed by atoms with Crippen LogP contribution in [-0.2, 0) is 11.3 Å². The number of pyridine rings is 1. The van der Waals surface area contributed by atoms with Crippen molar-refractivity contribution >= 4 is 34.8 Å². The molecule has 3 aromatic heterocycles. The van der Waals surface area contributed by atoms with E-state index >= 15 is 0 Å². The van der Waals surface area contributed by atoms with Crippen LogP contribution in [0.5, 0.6) is 0 Å². The van der Waals surface area contributed by atoms with Crippen LogP contribution in [0.15, 0.2) is 42.9 Å². The quantitative estimate of drug-likeness (QED) is 0.298. The molecule has 3 unspecified atom stereocenters. The Balaban J connectivity index is 1.17. The summed E-state index contributed by atoms with van der Waals surface area (Å²) in [5.41, 5.74) is 1.30. The molecule has 1 saturated carbocycles. The number of rotatable bonds is 7. The number of benzene rings is 1. The van der Waals surface area contributed by atoms with E-state index in [4.69, 9.17) is 11.6 Å². The van der Waals surface area contributed by atoms with Crippen molar-refractivity contribution in [3.8, 4) is 11.3 Å². The number of halogens is 4. The Kier molecular flexibility index (Phi) is 6.96. The van der Waals surface area contributed by atoms with Gasteiger partial charge in [-0.1, -0.05) is 24.6 Å². The molecule has 9 nitrogen and oxygen atoms in total. The highest BCUT2D eigenvalue weighted by Crippen LogP contribution is 2.53. The highest BCUT2D eigenvalue weighted by atomic mass is 35.5. The molecule has 0 bridgehead atoms. The summed E-state index contributed by atoms with van der Waals surface area (Å²) in [6.07, 6.45) is 1.16. The molecule has 4 heterocycles. The van der Waals surface area contributed by atoms with Crippen molar-refractivity contribution in [3.63, 3.8) is 0 Å². The van der Waals surface area contributed by atoms with E-state index in [1.54, 1.807) is 10.9 Å². The molecule has 1 aliphatic heterocycles. The number of alkyl halides is 2. The molecule has 42 heavy (non-hydrogen) atoms. The molecule has 4 aromatic rings. The largest absolute Gasteiger partial charge is 0.318 e. The van der Waals surface area contributed by atoms with Crippen LogP contribution in [0.4, 0.5) is 24.5 Å². The predicted molar refractivity (Wildman–Crippen MR) is 149 cm³/mol. The molecule has 1 saturated heterocycles. The third kappa shape index (κ3) is 4.89. The van der Waals surface area contributed by atoms with E-state index in [1.807, 2.05) is 24.0 Å². The van der Waals surface area contributed by atoms with Crippen molar-refractivity contribution in [1.29, 1.82) is 0 Å². The van der Waals surface area contributed by atoms with Crippen LogP contribution in [0.1, 0.15) is 46.5 Å². The minimum absolute atomic E-state index is 0.132. The van der Waals surface area contributed by atoms with E-state index in [0.29, 0.717) is 24.1 Å². The van der Waals surface area contributed by atoms with Gasteiger partial charge in [0.15, 0.2) is 5.82 Å². The second-order valence-corrected chi connectivity index (χ2v) is 11.0. The Bertz CT molecular complexity index is 1740. The fourth-order valence-corrected chi connectivity index (χ4v) is 5.73. The predicted octanol–water partition coefficient (Wildman–Crippen LogP) is 5.61. The first-order valence-corrected chi connectivity index (χ1v) is 13.6. The summed E-state index contributed by atoms with van der Waals surface area (Å²) in [6, 6.07) is 5.79. The molecule has 13 heteroatoms. The zero-order valence-corrected chi connectivity index (χ0v) is 23.5. The SMILES string of the molecule is Cc1nc(Cn2cc(NC(=O)c3nc(-c4c(C(F)F)ccc(Cl)c4F)cnc3C)cn2)ccc1N1CC2C(C)C2C1=O. The number of fused-ring (bicyclic) bond motifs is 1. The molecule has 6 rings (SSSR count). The standard InChI is InChI=1S/C29H25ClF3N7O2/c1-13-19-12-40(29(42)23(13)19)22-7-4-16(36-14(22)2)10-39-11-17(8-35-39)37-28(41)26-15(3)34-9-21(38-26)24-18(27(32)33)5-6-20(30)25(24)31/h4-9,11,13,19,23,27H,10,12H2,1-3H3,(H,37,41). The average molecular weight is 596 g/mol. The number of carbonyl (C=O) groups excluding carboxylic acids is 2. The Morgan fingerprint density at radius 3 is 2.62 bits per heavy atom. The van der Waals surface area contributed by atoms with Crippen LogP contribution >= 0.6 is 11.6 Å². The van der Waals surface area contributed by atoms with Gasteiger partial charge < -0.3 is 10.2 Å². The van der Waals surface area contributed by atoms with Crippen molar-refractivity contribution in [2.45, 2.75) is 33.7 Å².